The lowest BCUT2D eigenvalue weighted by Gasteiger charge is -2.38. The predicted octanol–water partition coefficient (Wildman–Crippen LogP) is 3.82. The van der Waals surface area contributed by atoms with Gasteiger partial charge in [0.25, 0.3) is 0 Å². The Balaban J connectivity index is 1.51. The number of piperazine rings is 1. The molecule has 10 heteroatoms. The first-order valence-corrected chi connectivity index (χ1v) is 12.1. The Morgan fingerprint density at radius 1 is 1.00 bits per heavy atom. The number of amides is 1. The molecule has 0 aliphatic carbocycles. The van der Waals surface area contributed by atoms with Crippen molar-refractivity contribution in [2.75, 3.05) is 32.8 Å². The van der Waals surface area contributed by atoms with Crippen LogP contribution in [-0.4, -0.2) is 56.3 Å². The average molecular weight is 485 g/mol. The lowest BCUT2D eigenvalue weighted by atomic mass is 9.86. The lowest BCUT2D eigenvalue weighted by Crippen LogP contribution is -2.53. The Hall–Kier alpha value is -2.59. The first-order valence-electron chi connectivity index (χ1n) is 10.6. The number of hydrogen-bond acceptors (Lipinski definition) is 4. The molecule has 0 saturated carbocycles. The Kier molecular flexibility index (Phi) is 7.69. The molecule has 180 valence electrons. The minimum absolute atomic E-state index is 0.0498. The van der Waals surface area contributed by atoms with E-state index in [2.05, 4.69) is 0 Å². The predicted molar refractivity (Wildman–Crippen MR) is 117 cm³/mol. The van der Waals surface area contributed by atoms with Gasteiger partial charge in [-0.3, -0.25) is 4.79 Å². The molecular formula is C23H27F3N2O4S. The highest BCUT2D eigenvalue weighted by molar-refractivity contribution is 7.89. The third kappa shape index (κ3) is 5.86. The molecule has 0 unspecified atom stereocenters. The number of halogens is 3. The Morgan fingerprint density at radius 2 is 1.61 bits per heavy atom. The van der Waals surface area contributed by atoms with Crippen molar-refractivity contribution in [3.8, 4) is 5.75 Å². The molecule has 3 rings (SSSR count). The molecule has 1 heterocycles. The topological polar surface area (TPSA) is 66.9 Å². The van der Waals surface area contributed by atoms with Crippen LogP contribution in [0.3, 0.4) is 0 Å². The number of sulfonamides is 1. The Bertz CT molecular complexity index is 1080. The van der Waals surface area contributed by atoms with Crippen molar-refractivity contribution in [3.05, 3.63) is 59.9 Å². The summed E-state index contributed by atoms with van der Waals surface area (Å²) in [6.45, 7) is 4.24. The van der Waals surface area contributed by atoms with Gasteiger partial charge in [0, 0.05) is 31.6 Å². The van der Waals surface area contributed by atoms with Gasteiger partial charge in [0.2, 0.25) is 15.9 Å². The average Bonchev–Trinajstić information content (AvgIpc) is 2.78. The molecule has 1 amide bonds. The molecule has 1 aliphatic rings. The molecule has 2 aromatic rings. The molecular weight excluding hydrogens is 457 g/mol. The Labute approximate surface area is 192 Å². The van der Waals surface area contributed by atoms with Crippen LogP contribution in [0.1, 0.15) is 26.7 Å². The van der Waals surface area contributed by atoms with Crippen molar-refractivity contribution < 1.29 is 31.1 Å². The largest absolute Gasteiger partial charge is 0.488 e. The molecule has 0 aromatic heterocycles. The van der Waals surface area contributed by atoms with Gasteiger partial charge in [-0.2, -0.15) is 4.31 Å². The van der Waals surface area contributed by atoms with Gasteiger partial charge in [0.05, 0.1) is 11.5 Å². The summed E-state index contributed by atoms with van der Waals surface area (Å²) in [6, 6.07) is 8.31. The SMILES string of the molecule is CC(C)(CCCOc1c(F)cccc1F)C(=O)N1CCN(S(=O)(=O)c2cccc(F)c2)CC1. The van der Waals surface area contributed by atoms with Crippen molar-refractivity contribution in [3.63, 3.8) is 0 Å². The van der Waals surface area contributed by atoms with Gasteiger partial charge in [0.1, 0.15) is 5.82 Å². The molecule has 33 heavy (non-hydrogen) atoms. The highest BCUT2D eigenvalue weighted by Crippen LogP contribution is 2.28. The van der Waals surface area contributed by atoms with E-state index in [0.717, 1.165) is 18.2 Å². The van der Waals surface area contributed by atoms with E-state index in [9.17, 15) is 26.4 Å². The van der Waals surface area contributed by atoms with Crippen LogP contribution >= 0.6 is 0 Å². The molecule has 6 nitrogen and oxygen atoms in total. The van der Waals surface area contributed by atoms with Crippen LogP contribution in [0.4, 0.5) is 13.2 Å². The highest BCUT2D eigenvalue weighted by atomic mass is 32.2. The quantitative estimate of drug-likeness (QED) is 0.535. The van der Waals surface area contributed by atoms with Crippen LogP contribution < -0.4 is 4.74 Å². The first-order chi connectivity index (χ1) is 15.5. The summed E-state index contributed by atoms with van der Waals surface area (Å²) in [5, 5.41) is 0. The number of para-hydroxylation sites is 1. The maximum Gasteiger partial charge on any atom is 0.243 e. The van der Waals surface area contributed by atoms with Gasteiger partial charge in [-0.1, -0.05) is 26.0 Å². The zero-order valence-electron chi connectivity index (χ0n) is 18.6. The molecule has 0 bridgehead atoms. The van der Waals surface area contributed by atoms with E-state index in [1.54, 1.807) is 18.7 Å². The summed E-state index contributed by atoms with van der Waals surface area (Å²) >= 11 is 0. The van der Waals surface area contributed by atoms with E-state index < -0.39 is 38.6 Å². The minimum atomic E-state index is -3.84. The van der Waals surface area contributed by atoms with E-state index in [1.807, 2.05) is 0 Å². The lowest BCUT2D eigenvalue weighted by molar-refractivity contribution is -0.142. The van der Waals surface area contributed by atoms with E-state index in [4.69, 9.17) is 4.74 Å². The number of nitrogens with zero attached hydrogens (tertiary/aromatic N) is 2. The number of hydrogen-bond donors (Lipinski definition) is 0. The molecule has 0 spiro atoms. The number of benzene rings is 2. The second-order valence-electron chi connectivity index (χ2n) is 8.54. The summed E-state index contributed by atoms with van der Waals surface area (Å²) < 4.78 is 72.7. The number of ether oxygens (including phenoxy) is 1. The zero-order chi connectivity index (χ0) is 24.2. The van der Waals surface area contributed by atoms with Crippen LogP contribution in [0.2, 0.25) is 0 Å². The third-order valence-corrected chi connectivity index (χ3v) is 7.54. The molecule has 2 aromatic carbocycles. The number of rotatable bonds is 8. The van der Waals surface area contributed by atoms with Gasteiger partial charge in [-0.05, 0) is 43.2 Å². The summed E-state index contributed by atoms with van der Waals surface area (Å²) in [4.78, 5) is 14.5. The molecule has 1 fully saturated rings. The van der Waals surface area contributed by atoms with Crippen molar-refractivity contribution in [1.29, 1.82) is 0 Å². The first kappa shape index (κ1) is 25.0. The van der Waals surface area contributed by atoms with E-state index >= 15 is 0 Å². The minimum Gasteiger partial charge on any atom is -0.488 e. The fraction of sp³-hybridized carbons (Fsp3) is 0.435. The van der Waals surface area contributed by atoms with Gasteiger partial charge in [-0.15, -0.1) is 0 Å². The third-order valence-electron chi connectivity index (χ3n) is 5.65. The van der Waals surface area contributed by atoms with Crippen LogP contribution in [0.15, 0.2) is 47.4 Å². The molecule has 1 aliphatic heterocycles. The maximum absolute atomic E-state index is 13.6. The smallest absolute Gasteiger partial charge is 0.243 e. The monoisotopic (exact) mass is 484 g/mol. The van der Waals surface area contributed by atoms with E-state index in [-0.39, 0.29) is 43.6 Å². The van der Waals surface area contributed by atoms with Crippen molar-refractivity contribution in [2.24, 2.45) is 5.41 Å². The number of carbonyl (C=O) groups excluding carboxylic acids is 1. The fourth-order valence-electron chi connectivity index (χ4n) is 3.75. The normalized spacial score (nSPS) is 15.5. The Morgan fingerprint density at radius 3 is 2.21 bits per heavy atom. The van der Waals surface area contributed by atoms with Crippen molar-refractivity contribution in [1.82, 2.24) is 9.21 Å². The van der Waals surface area contributed by atoms with Crippen LogP contribution in [0.25, 0.3) is 0 Å². The second kappa shape index (κ2) is 10.1. The molecule has 0 N–H and O–H groups in total. The van der Waals surface area contributed by atoms with Crippen molar-refractivity contribution >= 4 is 15.9 Å². The molecule has 0 radical (unpaired) electrons. The fourth-order valence-corrected chi connectivity index (χ4v) is 5.21. The summed E-state index contributed by atoms with van der Waals surface area (Å²) in [6.07, 6.45) is 0.824. The van der Waals surface area contributed by atoms with Crippen LogP contribution in [-0.2, 0) is 14.8 Å². The maximum atomic E-state index is 13.6. The molecule has 0 atom stereocenters. The van der Waals surface area contributed by atoms with Crippen LogP contribution in [0.5, 0.6) is 5.75 Å². The van der Waals surface area contributed by atoms with E-state index in [0.29, 0.717) is 12.8 Å². The zero-order valence-corrected chi connectivity index (χ0v) is 19.4. The van der Waals surface area contributed by atoms with Crippen LogP contribution in [0, 0.1) is 22.9 Å². The standard InChI is InChI=1S/C23H27F3N2O4S/c1-23(2,10-5-15-32-21-19(25)8-4-9-20(21)26)22(29)27-11-13-28(14-12-27)33(30,31)18-7-3-6-17(24)16-18/h3-4,6-9,16H,5,10-15H2,1-2H3. The van der Waals surface area contributed by atoms with Crippen molar-refractivity contribution in [2.45, 2.75) is 31.6 Å². The van der Waals surface area contributed by atoms with E-state index in [1.165, 1.54) is 28.6 Å². The van der Waals surface area contributed by atoms with Gasteiger partial charge < -0.3 is 9.64 Å². The number of carbonyl (C=O) groups is 1. The van der Waals surface area contributed by atoms with Gasteiger partial charge in [0.15, 0.2) is 17.4 Å². The van der Waals surface area contributed by atoms with Gasteiger partial charge >= 0.3 is 0 Å². The highest BCUT2D eigenvalue weighted by Gasteiger charge is 2.36. The summed E-state index contributed by atoms with van der Waals surface area (Å²) in [7, 11) is -3.84. The summed E-state index contributed by atoms with van der Waals surface area (Å²) in [5.74, 6) is -2.76. The van der Waals surface area contributed by atoms with Gasteiger partial charge in [-0.25, -0.2) is 21.6 Å². The molecule has 1 saturated heterocycles. The summed E-state index contributed by atoms with van der Waals surface area (Å²) in [5.41, 5.74) is -0.763. The second-order valence-corrected chi connectivity index (χ2v) is 10.5.